The SMILES string of the molecule is CC(C)Cc1ccc(C(=O)C2(C#N)CCOCC2)cc1. The Hall–Kier alpha value is -1.66. The first kappa shape index (κ1) is 14.7. The summed E-state index contributed by atoms with van der Waals surface area (Å²) in [6, 6.07) is 9.94. The van der Waals surface area contributed by atoms with Crippen molar-refractivity contribution >= 4 is 5.78 Å². The Bertz CT molecular complexity index is 505. The maximum absolute atomic E-state index is 12.6. The summed E-state index contributed by atoms with van der Waals surface area (Å²) < 4.78 is 5.27. The van der Waals surface area contributed by atoms with E-state index < -0.39 is 5.41 Å². The van der Waals surface area contributed by atoms with Gasteiger partial charge in [0, 0.05) is 18.8 Å². The van der Waals surface area contributed by atoms with Crippen LogP contribution in [-0.4, -0.2) is 19.0 Å². The maximum Gasteiger partial charge on any atom is 0.183 e. The molecular formula is C17H21NO2. The van der Waals surface area contributed by atoms with E-state index >= 15 is 0 Å². The smallest absolute Gasteiger partial charge is 0.183 e. The molecule has 0 radical (unpaired) electrons. The zero-order valence-electron chi connectivity index (χ0n) is 12.2. The summed E-state index contributed by atoms with van der Waals surface area (Å²) in [7, 11) is 0. The minimum absolute atomic E-state index is 0.0561. The van der Waals surface area contributed by atoms with Crippen molar-refractivity contribution in [3.63, 3.8) is 0 Å². The Labute approximate surface area is 120 Å². The molecule has 1 aromatic rings. The summed E-state index contributed by atoms with van der Waals surface area (Å²) in [5.74, 6) is 0.539. The maximum atomic E-state index is 12.6. The van der Waals surface area contributed by atoms with E-state index in [4.69, 9.17) is 4.74 Å². The van der Waals surface area contributed by atoms with Gasteiger partial charge in [-0.1, -0.05) is 38.1 Å². The number of carbonyl (C=O) groups is 1. The third-order valence-corrected chi connectivity index (χ3v) is 3.86. The van der Waals surface area contributed by atoms with Crippen LogP contribution in [0, 0.1) is 22.7 Å². The molecule has 1 aliphatic rings. The van der Waals surface area contributed by atoms with Gasteiger partial charge < -0.3 is 4.74 Å². The van der Waals surface area contributed by atoms with Crippen LogP contribution in [-0.2, 0) is 11.2 Å². The summed E-state index contributed by atoms with van der Waals surface area (Å²) in [6.45, 7) is 5.33. The fourth-order valence-electron chi connectivity index (χ4n) is 2.65. The molecule has 20 heavy (non-hydrogen) atoms. The highest BCUT2D eigenvalue weighted by Crippen LogP contribution is 2.33. The van der Waals surface area contributed by atoms with Crippen LogP contribution in [0.25, 0.3) is 0 Å². The van der Waals surface area contributed by atoms with E-state index in [1.54, 1.807) is 0 Å². The van der Waals surface area contributed by atoms with Crippen molar-refractivity contribution in [1.29, 1.82) is 5.26 Å². The van der Waals surface area contributed by atoms with Crippen molar-refractivity contribution in [2.24, 2.45) is 11.3 Å². The second-order valence-electron chi connectivity index (χ2n) is 5.93. The highest BCUT2D eigenvalue weighted by Gasteiger charge is 2.40. The van der Waals surface area contributed by atoms with Crippen molar-refractivity contribution < 1.29 is 9.53 Å². The molecule has 0 saturated carbocycles. The average molecular weight is 271 g/mol. The van der Waals surface area contributed by atoms with Gasteiger partial charge in [0.25, 0.3) is 0 Å². The van der Waals surface area contributed by atoms with E-state index in [0.29, 0.717) is 37.5 Å². The summed E-state index contributed by atoms with van der Waals surface area (Å²) in [6.07, 6.45) is 2.00. The first-order valence-corrected chi connectivity index (χ1v) is 7.20. The van der Waals surface area contributed by atoms with Gasteiger partial charge in [-0.05, 0) is 30.7 Å². The molecule has 0 aliphatic carbocycles. The van der Waals surface area contributed by atoms with E-state index in [1.807, 2.05) is 24.3 Å². The Morgan fingerprint density at radius 3 is 2.40 bits per heavy atom. The number of carbonyl (C=O) groups excluding carboxylic acids is 1. The van der Waals surface area contributed by atoms with Crippen LogP contribution >= 0.6 is 0 Å². The standard InChI is InChI=1S/C17H21NO2/c1-13(2)11-14-3-5-15(6-4-14)16(19)17(12-18)7-9-20-10-8-17/h3-6,13H,7-11H2,1-2H3. The molecule has 0 atom stereocenters. The molecule has 0 bridgehead atoms. The van der Waals surface area contributed by atoms with Gasteiger partial charge in [-0.3, -0.25) is 4.79 Å². The number of ether oxygens (including phenoxy) is 1. The normalized spacial score (nSPS) is 17.7. The molecule has 0 spiro atoms. The summed E-state index contributed by atoms with van der Waals surface area (Å²) in [5.41, 5.74) is 0.980. The van der Waals surface area contributed by atoms with Crippen LogP contribution in [0.1, 0.15) is 42.6 Å². The highest BCUT2D eigenvalue weighted by molar-refractivity contribution is 6.02. The van der Waals surface area contributed by atoms with E-state index in [-0.39, 0.29) is 5.78 Å². The summed E-state index contributed by atoms with van der Waals surface area (Å²) in [5, 5.41) is 9.42. The number of benzene rings is 1. The number of Topliss-reactive ketones (excluding diaryl/α,β-unsaturated/α-hetero) is 1. The van der Waals surface area contributed by atoms with Gasteiger partial charge in [0.15, 0.2) is 5.78 Å². The Balaban J connectivity index is 2.18. The number of rotatable bonds is 4. The third-order valence-electron chi connectivity index (χ3n) is 3.86. The fourth-order valence-corrected chi connectivity index (χ4v) is 2.65. The predicted octanol–water partition coefficient (Wildman–Crippen LogP) is 3.39. The van der Waals surface area contributed by atoms with Gasteiger partial charge in [0.05, 0.1) is 6.07 Å². The summed E-state index contributed by atoms with van der Waals surface area (Å²) >= 11 is 0. The Morgan fingerprint density at radius 2 is 1.90 bits per heavy atom. The van der Waals surface area contributed by atoms with Crippen LogP contribution in [0.2, 0.25) is 0 Å². The minimum Gasteiger partial charge on any atom is -0.381 e. The molecule has 1 aliphatic heterocycles. The highest BCUT2D eigenvalue weighted by atomic mass is 16.5. The molecular weight excluding hydrogens is 250 g/mol. The van der Waals surface area contributed by atoms with Gasteiger partial charge in [0.2, 0.25) is 0 Å². The van der Waals surface area contributed by atoms with Crippen molar-refractivity contribution in [2.75, 3.05) is 13.2 Å². The second-order valence-corrected chi connectivity index (χ2v) is 5.93. The zero-order chi connectivity index (χ0) is 14.6. The van der Waals surface area contributed by atoms with Crippen molar-refractivity contribution in [3.05, 3.63) is 35.4 Å². The van der Waals surface area contributed by atoms with Gasteiger partial charge in [0.1, 0.15) is 5.41 Å². The molecule has 106 valence electrons. The Kier molecular flexibility index (Phi) is 4.57. The van der Waals surface area contributed by atoms with Crippen molar-refractivity contribution in [3.8, 4) is 6.07 Å². The van der Waals surface area contributed by atoms with E-state index in [2.05, 4.69) is 19.9 Å². The molecule has 2 rings (SSSR count). The van der Waals surface area contributed by atoms with Gasteiger partial charge in [-0.2, -0.15) is 5.26 Å². The minimum atomic E-state index is -0.891. The number of hydrogen-bond acceptors (Lipinski definition) is 3. The van der Waals surface area contributed by atoms with E-state index in [0.717, 1.165) is 6.42 Å². The molecule has 1 aromatic carbocycles. The monoisotopic (exact) mass is 271 g/mol. The number of nitriles is 1. The lowest BCUT2D eigenvalue weighted by molar-refractivity contribution is 0.0355. The predicted molar refractivity (Wildman–Crippen MR) is 77.4 cm³/mol. The molecule has 1 fully saturated rings. The van der Waals surface area contributed by atoms with Gasteiger partial charge in [-0.15, -0.1) is 0 Å². The topological polar surface area (TPSA) is 50.1 Å². The van der Waals surface area contributed by atoms with Crippen LogP contribution in [0.15, 0.2) is 24.3 Å². The van der Waals surface area contributed by atoms with Crippen LogP contribution in [0.5, 0.6) is 0 Å². The molecule has 3 nitrogen and oxygen atoms in total. The van der Waals surface area contributed by atoms with Crippen LogP contribution < -0.4 is 0 Å². The Morgan fingerprint density at radius 1 is 1.30 bits per heavy atom. The van der Waals surface area contributed by atoms with Crippen LogP contribution in [0.4, 0.5) is 0 Å². The molecule has 0 N–H and O–H groups in total. The first-order chi connectivity index (χ1) is 9.57. The lowest BCUT2D eigenvalue weighted by atomic mass is 9.75. The quantitative estimate of drug-likeness (QED) is 0.789. The third kappa shape index (κ3) is 3.08. The fraction of sp³-hybridized carbons (Fsp3) is 0.529. The molecule has 1 heterocycles. The van der Waals surface area contributed by atoms with Gasteiger partial charge in [-0.25, -0.2) is 0 Å². The largest absolute Gasteiger partial charge is 0.381 e. The zero-order valence-corrected chi connectivity index (χ0v) is 12.2. The number of ketones is 1. The van der Waals surface area contributed by atoms with Crippen LogP contribution in [0.3, 0.4) is 0 Å². The van der Waals surface area contributed by atoms with Crippen molar-refractivity contribution in [2.45, 2.75) is 33.1 Å². The first-order valence-electron chi connectivity index (χ1n) is 7.20. The lowest BCUT2D eigenvalue weighted by Gasteiger charge is -2.29. The molecule has 0 unspecified atom stereocenters. The molecule has 1 saturated heterocycles. The number of nitrogens with zero attached hydrogens (tertiary/aromatic N) is 1. The number of hydrogen-bond donors (Lipinski definition) is 0. The second kappa shape index (κ2) is 6.19. The molecule has 0 aromatic heterocycles. The van der Waals surface area contributed by atoms with E-state index in [1.165, 1.54) is 5.56 Å². The summed E-state index contributed by atoms with van der Waals surface area (Å²) in [4.78, 5) is 12.6. The molecule has 3 heteroatoms. The van der Waals surface area contributed by atoms with Gasteiger partial charge >= 0.3 is 0 Å². The molecule has 0 amide bonds. The van der Waals surface area contributed by atoms with Crippen molar-refractivity contribution in [1.82, 2.24) is 0 Å². The lowest BCUT2D eigenvalue weighted by Crippen LogP contribution is -2.36. The van der Waals surface area contributed by atoms with E-state index in [9.17, 15) is 10.1 Å². The average Bonchev–Trinajstić information content (AvgIpc) is 2.47.